The Morgan fingerprint density at radius 2 is 0.396 bits per heavy atom. The molecule has 0 aliphatic heterocycles. The summed E-state index contributed by atoms with van der Waals surface area (Å²) in [4.78, 5) is 4.67. The number of hydrogen-bond acceptors (Lipinski definition) is 2. The van der Waals surface area contributed by atoms with Gasteiger partial charge in [-0.3, -0.25) is 0 Å². The summed E-state index contributed by atoms with van der Waals surface area (Å²) in [7, 11) is 0. The molecule has 4 aromatic heterocycles. The van der Waals surface area contributed by atoms with Crippen LogP contribution in [0.2, 0.25) is 0 Å². The van der Waals surface area contributed by atoms with E-state index in [9.17, 15) is 0 Å². The third-order valence-corrected chi connectivity index (χ3v) is 21.1. The predicted molar refractivity (Wildman–Crippen MR) is 450 cm³/mol. The van der Waals surface area contributed by atoms with E-state index in [2.05, 4.69) is 443 Å². The molecule has 6 nitrogen and oxygen atoms in total. The summed E-state index contributed by atoms with van der Waals surface area (Å²) < 4.78 is 9.59. The zero-order valence-electron chi connectivity index (χ0n) is 59.2. The summed E-state index contributed by atoms with van der Waals surface area (Å²) in [5.74, 6) is 0. The monoisotopic (exact) mass is 1360 g/mol. The molecule has 0 atom stereocenters. The maximum Gasteiger partial charge on any atom is 0.0541 e. The van der Waals surface area contributed by atoms with Gasteiger partial charge in [-0.05, 0) is 224 Å². The van der Waals surface area contributed by atoms with Gasteiger partial charge in [0.25, 0.3) is 0 Å². The minimum Gasteiger partial charge on any atom is -0.335 e. The van der Waals surface area contributed by atoms with Gasteiger partial charge in [-0.2, -0.15) is 0 Å². The van der Waals surface area contributed by atoms with Crippen LogP contribution in [-0.2, 0) is 5.54 Å². The molecular weight excluding hydrogens is 1290 g/mol. The maximum atomic E-state index is 2.47. The molecule has 6 heteroatoms. The molecule has 504 valence electrons. The fourth-order valence-electron chi connectivity index (χ4n) is 16.3. The van der Waals surface area contributed by atoms with Gasteiger partial charge in [-0.25, -0.2) is 0 Å². The van der Waals surface area contributed by atoms with E-state index in [0.717, 1.165) is 51.2 Å². The standard InChI is InChI=1S/C54H37N3.C46H37N3/c1-3-13-38(14-4-1)39-23-30-45(31-24-39)57-53-22-12-9-19-49(53)50-37-41(27-36-54(50)57)40-25-28-43(29-26-40)55(42-15-5-2-6-16-42)44-32-34-46(35-33-44)56-51-20-10-7-17-47(51)48-18-8-11-21-52(48)56;1-46(2,3)49-44-20-12-9-17-40(44)41-31-33(23-30-45(41)49)32-21-24-35(25-22-32)47(34-13-5-4-6-14-34)36-26-28-37(29-27-36)48-42-18-10-7-15-38(42)39-16-8-11-19-43(39)48/h1-37H;4-31H,1-3H3. The highest BCUT2D eigenvalue weighted by Gasteiger charge is 2.23. The average Bonchev–Trinajstić information content (AvgIpc) is 1.43. The van der Waals surface area contributed by atoms with Gasteiger partial charge in [-0.15, -0.1) is 0 Å². The van der Waals surface area contributed by atoms with Crippen molar-refractivity contribution in [1.29, 1.82) is 0 Å². The summed E-state index contributed by atoms with van der Waals surface area (Å²) in [5.41, 5.74) is 27.1. The zero-order valence-corrected chi connectivity index (χ0v) is 59.2. The van der Waals surface area contributed by atoms with Crippen LogP contribution >= 0.6 is 0 Å². The van der Waals surface area contributed by atoms with E-state index >= 15 is 0 Å². The van der Waals surface area contributed by atoms with Gasteiger partial charge in [0.1, 0.15) is 0 Å². The van der Waals surface area contributed by atoms with Crippen molar-refractivity contribution in [3.05, 3.63) is 394 Å². The third kappa shape index (κ3) is 11.1. The number of aromatic nitrogens is 4. The van der Waals surface area contributed by atoms with Crippen molar-refractivity contribution in [1.82, 2.24) is 18.3 Å². The molecule has 0 fully saturated rings. The van der Waals surface area contributed by atoms with Gasteiger partial charge in [0, 0.05) is 111 Å². The summed E-state index contributed by atoms with van der Waals surface area (Å²) >= 11 is 0. The van der Waals surface area contributed by atoms with Crippen LogP contribution < -0.4 is 9.80 Å². The topological polar surface area (TPSA) is 26.2 Å². The lowest BCUT2D eigenvalue weighted by atomic mass is 10.0. The fraction of sp³-hybridized carbons (Fsp3) is 0.0400. The first-order valence-corrected chi connectivity index (χ1v) is 36.6. The first-order chi connectivity index (χ1) is 52.2. The lowest BCUT2D eigenvalue weighted by Crippen LogP contribution is -2.21. The molecular formula is C100H74N6. The van der Waals surface area contributed by atoms with Crippen LogP contribution in [0.4, 0.5) is 34.1 Å². The Morgan fingerprint density at radius 1 is 0.179 bits per heavy atom. The molecule has 0 radical (unpaired) electrons. The molecule has 20 rings (SSSR count). The molecule has 0 aliphatic carbocycles. The Labute approximate surface area is 616 Å². The van der Waals surface area contributed by atoms with E-state index in [0.29, 0.717) is 0 Å². The van der Waals surface area contributed by atoms with Crippen LogP contribution in [0, 0.1) is 0 Å². The molecule has 4 heterocycles. The predicted octanol–water partition coefficient (Wildman–Crippen LogP) is 27.5. The van der Waals surface area contributed by atoms with Crippen molar-refractivity contribution in [2.45, 2.75) is 26.3 Å². The number of hydrogen-bond donors (Lipinski definition) is 0. The number of nitrogens with zero attached hydrogens (tertiary/aromatic N) is 6. The van der Waals surface area contributed by atoms with E-state index in [4.69, 9.17) is 0 Å². The Morgan fingerprint density at radius 3 is 0.764 bits per heavy atom. The number of anilines is 6. The third-order valence-electron chi connectivity index (χ3n) is 21.1. The fourth-order valence-corrected chi connectivity index (χ4v) is 16.3. The molecule has 0 unspecified atom stereocenters. The van der Waals surface area contributed by atoms with Gasteiger partial charge in [0.2, 0.25) is 0 Å². The van der Waals surface area contributed by atoms with Gasteiger partial charge in [0.15, 0.2) is 0 Å². The lowest BCUT2D eigenvalue weighted by Gasteiger charge is -2.26. The van der Waals surface area contributed by atoms with Crippen molar-refractivity contribution in [2.24, 2.45) is 0 Å². The van der Waals surface area contributed by atoms with Gasteiger partial charge in [0.05, 0.1) is 33.1 Å². The van der Waals surface area contributed by atoms with Crippen molar-refractivity contribution in [3.8, 4) is 50.4 Å². The summed E-state index contributed by atoms with van der Waals surface area (Å²) in [6, 6.07) is 143. The van der Waals surface area contributed by atoms with E-state index in [-0.39, 0.29) is 5.54 Å². The molecule has 0 saturated heterocycles. The van der Waals surface area contributed by atoms with Crippen LogP contribution in [0.15, 0.2) is 394 Å². The molecule has 20 aromatic rings. The second-order valence-corrected chi connectivity index (χ2v) is 28.5. The molecule has 0 saturated carbocycles. The zero-order chi connectivity index (χ0) is 70.8. The largest absolute Gasteiger partial charge is 0.335 e. The minimum atomic E-state index is -0.0208. The maximum absolute atomic E-state index is 2.47. The smallest absolute Gasteiger partial charge is 0.0541 e. The number of para-hydroxylation sites is 8. The molecule has 0 aliphatic rings. The van der Waals surface area contributed by atoms with Crippen molar-refractivity contribution in [2.75, 3.05) is 9.80 Å². The van der Waals surface area contributed by atoms with Crippen LogP contribution in [0.25, 0.3) is 138 Å². The van der Waals surface area contributed by atoms with Crippen LogP contribution in [-0.4, -0.2) is 18.3 Å². The van der Waals surface area contributed by atoms with Crippen molar-refractivity contribution >= 4 is 121 Å². The SMILES string of the molecule is CC(C)(C)n1c2ccccc2c2cc(-c3ccc(N(c4ccccc4)c4ccc(-n5c6ccccc6c6ccccc65)cc4)cc3)ccc21.c1ccc(-c2ccc(-n3c4ccccc4c4cc(-c5ccc(N(c6ccccc6)c6ccc(-n7c8ccccc8c8ccccc87)cc6)cc5)ccc43)cc2)cc1. The Bertz CT molecular complexity index is 6510. The van der Waals surface area contributed by atoms with Gasteiger partial charge < -0.3 is 28.1 Å². The highest BCUT2D eigenvalue weighted by atomic mass is 15.2. The second-order valence-electron chi connectivity index (χ2n) is 28.5. The first-order valence-electron chi connectivity index (χ1n) is 36.6. The van der Waals surface area contributed by atoms with Gasteiger partial charge in [-0.1, -0.05) is 224 Å². The Kier molecular flexibility index (Phi) is 15.7. The van der Waals surface area contributed by atoms with E-state index in [1.54, 1.807) is 0 Å². The lowest BCUT2D eigenvalue weighted by molar-refractivity contribution is 0.423. The summed E-state index contributed by atoms with van der Waals surface area (Å²) in [5, 5.41) is 10.2. The van der Waals surface area contributed by atoms with E-state index < -0.39 is 0 Å². The first kappa shape index (κ1) is 63.3. The number of fused-ring (bicyclic) bond motifs is 12. The minimum absolute atomic E-state index is 0.0208. The number of benzene rings is 16. The highest BCUT2D eigenvalue weighted by Crippen LogP contribution is 2.44. The van der Waals surface area contributed by atoms with Crippen molar-refractivity contribution in [3.63, 3.8) is 0 Å². The molecule has 0 bridgehead atoms. The summed E-state index contributed by atoms with van der Waals surface area (Å²) in [6.07, 6.45) is 0. The summed E-state index contributed by atoms with van der Waals surface area (Å²) in [6.45, 7) is 6.84. The van der Waals surface area contributed by atoms with Crippen LogP contribution in [0.1, 0.15) is 20.8 Å². The molecule has 0 N–H and O–H groups in total. The molecule has 16 aromatic carbocycles. The van der Waals surface area contributed by atoms with Gasteiger partial charge >= 0.3 is 0 Å². The molecule has 0 amide bonds. The normalized spacial score (nSPS) is 11.7. The van der Waals surface area contributed by atoms with Crippen molar-refractivity contribution < 1.29 is 0 Å². The molecule has 106 heavy (non-hydrogen) atoms. The van der Waals surface area contributed by atoms with E-state index in [1.807, 2.05) is 0 Å². The average molecular weight is 1360 g/mol. The second kappa shape index (κ2) is 26.3. The Hall–Kier alpha value is -13.7. The molecule has 0 spiro atoms. The number of rotatable bonds is 12. The van der Waals surface area contributed by atoms with Crippen LogP contribution in [0.5, 0.6) is 0 Å². The highest BCUT2D eigenvalue weighted by molar-refractivity contribution is 6.13. The van der Waals surface area contributed by atoms with E-state index in [1.165, 1.54) is 121 Å². The quantitative estimate of drug-likeness (QED) is 0.122. The Balaban J connectivity index is 0.000000147. The van der Waals surface area contributed by atoms with Crippen LogP contribution in [0.3, 0.4) is 0 Å².